The Morgan fingerprint density at radius 1 is 1.32 bits per heavy atom. The standard InChI is InChI=1S/C19H23F2N3O/c1-13-11-18(23(2)22-13)19(25)24-10-4-5-14(12-24)8-9-15-16(20)6-3-7-17(15)21/h3,6-7,11,14H,4-5,8-10,12H2,1-2H3/t14-/m1/s1. The van der Waals surface area contributed by atoms with E-state index in [1.807, 2.05) is 11.8 Å². The van der Waals surface area contributed by atoms with Crippen LogP contribution in [0, 0.1) is 24.5 Å². The van der Waals surface area contributed by atoms with Crippen molar-refractivity contribution >= 4 is 5.91 Å². The Hall–Kier alpha value is -2.24. The van der Waals surface area contributed by atoms with Gasteiger partial charge in [-0.3, -0.25) is 9.48 Å². The molecule has 1 amide bonds. The van der Waals surface area contributed by atoms with Crippen LogP contribution in [0.5, 0.6) is 0 Å². The van der Waals surface area contributed by atoms with Crippen LogP contribution < -0.4 is 0 Å². The lowest BCUT2D eigenvalue weighted by molar-refractivity contribution is 0.0657. The molecule has 0 bridgehead atoms. The highest BCUT2D eigenvalue weighted by molar-refractivity contribution is 5.92. The molecule has 1 aromatic carbocycles. The zero-order valence-electron chi connectivity index (χ0n) is 14.6. The lowest BCUT2D eigenvalue weighted by atomic mass is 9.91. The molecule has 25 heavy (non-hydrogen) atoms. The maximum Gasteiger partial charge on any atom is 0.272 e. The number of amides is 1. The fourth-order valence-corrected chi connectivity index (χ4v) is 3.58. The molecule has 0 aliphatic carbocycles. The minimum Gasteiger partial charge on any atom is -0.337 e. The topological polar surface area (TPSA) is 38.1 Å². The summed E-state index contributed by atoms with van der Waals surface area (Å²) in [6.07, 6.45) is 2.92. The highest BCUT2D eigenvalue weighted by Gasteiger charge is 2.26. The van der Waals surface area contributed by atoms with Crippen LogP contribution in [0.4, 0.5) is 8.78 Å². The van der Waals surface area contributed by atoms with E-state index in [1.165, 1.54) is 18.2 Å². The Labute approximate surface area is 146 Å². The molecule has 6 heteroatoms. The molecule has 1 fully saturated rings. The smallest absolute Gasteiger partial charge is 0.272 e. The van der Waals surface area contributed by atoms with Gasteiger partial charge in [0.05, 0.1) is 5.69 Å². The van der Waals surface area contributed by atoms with Crippen LogP contribution in [0.3, 0.4) is 0 Å². The number of aryl methyl sites for hydroxylation is 2. The fraction of sp³-hybridized carbons (Fsp3) is 0.474. The van der Waals surface area contributed by atoms with Gasteiger partial charge in [-0.1, -0.05) is 6.07 Å². The number of rotatable bonds is 4. The van der Waals surface area contributed by atoms with E-state index >= 15 is 0 Å². The molecule has 0 radical (unpaired) electrons. The normalized spacial score (nSPS) is 17.8. The molecule has 134 valence electrons. The number of benzene rings is 1. The fourth-order valence-electron chi connectivity index (χ4n) is 3.58. The van der Waals surface area contributed by atoms with Gasteiger partial charge in [0, 0.05) is 25.7 Å². The van der Waals surface area contributed by atoms with Crippen LogP contribution in [0.25, 0.3) is 0 Å². The van der Waals surface area contributed by atoms with Crippen molar-refractivity contribution in [1.82, 2.24) is 14.7 Å². The summed E-state index contributed by atoms with van der Waals surface area (Å²) in [6.45, 7) is 3.20. The molecule has 0 N–H and O–H groups in total. The first-order valence-corrected chi connectivity index (χ1v) is 8.68. The largest absolute Gasteiger partial charge is 0.337 e. The Morgan fingerprint density at radius 2 is 2.04 bits per heavy atom. The van der Waals surface area contributed by atoms with Crippen molar-refractivity contribution < 1.29 is 13.6 Å². The minimum atomic E-state index is -0.492. The second-order valence-electron chi connectivity index (χ2n) is 6.79. The summed E-state index contributed by atoms with van der Waals surface area (Å²) in [5.41, 5.74) is 1.54. The van der Waals surface area contributed by atoms with Crippen LogP contribution in [0.15, 0.2) is 24.3 Å². The Kier molecular flexibility index (Phi) is 5.16. The van der Waals surface area contributed by atoms with E-state index in [1.54, 1.807) is 17.8 Å². The summed E-state index contributed by atoms with van der Waals surface area (Å²) in [5, 5.41) is 4.23. The Bertz CT molecular complexity index is 752. The number of halogens is 2. The second-order valence-corrected chi connectivity index (χ2v) is 6.79. The van der Waals surface area contributed by atoms with Crippen molar-refractivity contribution in [3.8, 4) is 0 Å². The first kappa shape index (κ1) is 17.6. The molecule has 0 saturated carbocycles. The van der Waals surface area contributed by atoms with Gasteiger partial charge in [-0.15, -0.1) is 0 Å². The van der Waals surface area contributed by atoms with Gasteiger partial charge >= 0.3 is 0 Å². The van der Waals surface area contributed by atoms with Crippen molar-refractivity contribution in [1.29, 1.82) is 0 Å². The monoisotopic (exact) mass is 347 g/mol. The van der Waals surface area contributed by atoms with E-state index in [0.29, 0.717) is 31.6 Å². The summed E-state index contributed by atoms with van der Waals surface area (Å²) >= 11 is 0. The molecule has 4 nitrogen and oxygen atoms in total. The van der Waals surface area contributed by atoms with E-state index in [0.717, 1.165) is 18.5 Å². The molecule has 1 aromatic heterocycles. The number of nitrogens with zero attached hydrogens (tertiary/aromatic N) is 3. The third kappa shape index (κ3) is 3.89. The third-order valence-corrected chi connectivity index (χ3v) is 4.89. The lowest BCUT2D eigenvalue weighted by Crippen LogP contribution is -2.40. The molecule has 2 heterocycles. The van der Waals surface area contributed by atoms with Gasteiger partial charge in [0.2, 0.25) is 0 Å². The Morgan fingerprint density at radius 3 is 2.68 bits per heavy atom. The van der Waals surface area contributed by atoms with E-state index < -0.39 is 11.6 Å². The molecule has 0 spiro atoms. The number of aromatic nitrogens is 2. The summed E-state index contributed by atoms with van der Waals surface area (Å²) < 4.78 is 29.1. The molecular weight excluding hydrogens is 324 g/mol. The van der Waals surface area contributed by atoms with Gasteiger partial charge in [0.1, 0.15) is 17.3 Å². The minimum absolute atomic E-state index is 0.0233. The molecular formula is C19H23F2N3O. The zero-order chi connectivity index (χ0) is 18.0. The van der Waals surface area contributed by atoms with Gasteiger partial charge in [-0.25, -0.2) is 8.78 Å². The van der Waals surface area contributed by atoms with Crippen LogP contribution in [0.1, 0.15) is 41.0 Å². The van der Waals surface area contributed by atoms with Gasteiger partial charge < -0.3 is 4.90 Å². The van der Waals surface area contributed by atoms with Gasteiger partial charge in [0.15, 0.2) is 0 Å². The van der Waals surface area contributed by atoms with Crippen LogP contribution >= 0.6 is 0 Å². The summed E-state index contributed by atoms with van der Waals surface area (Å²) in [4.78, 5) is 14.5. The van der Waals surface area contributed by atoms with Crippen LogP contribution in [0.2, 0.25) is 0 Å². The predicted molar refractivity (Wildman–Crippen MR) is 91.3 cm³/mol. The number of hydrogen-bond acceptors (Lipinski definition) is 2. The molecule has 1 aliphatic heterocycles. The van der Waals surface area contributed by atoms with E-state index in [9.17, 15) is 13.6 Å². The summed E-state index contributed by atoms with van der Waals surface area (Å²) in [5.74, 6) is -0.751. The van der Waals surface area contributed by atoms with E-state index in [4.69, 9.17) is 0 Å². The average Bonchev–Trinajstić information content (AvgIpc) is 2.92. The van der Waals surface area contributed by atoms with Crippen LogP contribution in [-0.2, 0) is 13.5 Å². The number of hydrogen-bond donors (Lipinski definition) is 0. The number of carbonyl (C=O) groups is 1. The van der Waals surface area contributed by atoms with Gasteiger partial charge in [-0.05, 0) is 56.7 Å². The molecule has 2 aromatic rings. The highest BCUT2D eigenvalue weighted by Crippen LogP contribution is 2.24. The SMILES string of the molecule is Cc1cc(C(=O)N2CCC[C@H](CCc3c(F)cccc3F)C2)n(C)n1. The number of carbonyl (C=O) groups excluding carboxylic acids is 1. The van der Waals surface area contributed by atoms with E-state index in [2.05, 4.69) is 5.10 Å². The number of likely N-dealkylation sites (tertiary alicyclic amines) is 1. The van der Waals surface area contributed by atoms with Gasteiger partial charge in [0.25, 0.3) is 5.91 Å². The zero-order valence-corrected chi connectivity index (χ0v) is 14.6. The summed E-state index contributed by atoms with van der Waals surface area (Å²) in [7, 11) is 1.77. The number of piperidine rings is 1. The Balaban J connectivity index is 1.63. The van der Waals surface area contributed by atoms with Crippen LogP contribution in [-0.4, -0.2) is 33.7 Å². The maximum absolute atomic E-state index is 13.8. The predicted octanol–water partition coefficient (Wildman–Crippen LogP) is 3.49. The molecule has 1 saturated heterocycles. The first-order valence-electron chi connectivity index (χ1n) is 8.68. The molecule has 0 unspecified atom stereocenters. The van der Waals surface area contributed by atoms with Gasteiger partial charge in [-0.2, -0.15) is 5.10 Å². The summed E-state index contributed by atoms with van der Waals surface area (Å²) in [6, 6.07) is 5.76. The highest BCUT2D eigenvalue weighted by atomic mass is 19.1. The van der Waals surface area contributed by atoms with Crippen molar-refractivity contribution in [3.05, 3.63) is 52.9 Å². The molecule has 3 rings (SSSR count). The average molecular weight is 347 g/mol. The van der Waals surface area contributed by atoms with Crippen molar-refractivity contribution in [2.45, 2.75) is 32.6 Å². The van der Waals surface area contributed by atoms with E-state index in [-0.39, 0.29) is 17.4 Å². The first-order chi connectivity index (χ1) is 12.0. The van der Waals surface area contributed by atoms with Crippen molar-refractivity contribution in [2.75, 3.05) is 13.1 Å². The molecule has 1 aliphatic rings. The second kappa shape index (κ2) is 7.33. The lowest BCUT2D eigenvalue weighted by Gasteiger charge is -2.32. The van der Waals surface area contributed by atoms with Crippen molar-refractivity contribution in [2.24, 2.45) is 13.0 Å². The maximum atomic E-state index is 13.8. The molecule has 1 atom stereocenters. The third-order valence-electron chi connectivity index (χ3n) is 4.89. The quantitative estimate of drug-likeness (QED) is 0.849. The van der Waals surface area contributed by atoms with Crippen molar-refractivity contribution in [3.63, 3.8) is 0 Å².